The topological polar surface area (TPSA) is 21.3 Å². The smallest absolute Gasteiger partial charge is 0.143 e. The summed E-state index contributed by atoms with van der Waals surface area (Å²) in [6.07, 6.45) is 0. The molecule has 0 radical (unpaired) electrons. The van der Waals surface area contributed by atoms with Crippen LogP contribution in [-0.2, 0) is 13.2 Å². The van der Waals surface area contributed by atoms with E-state index in [9.17, 15) is 0 Å². The van der Waals surface area contributed by atoms with Crippen LogP contribution in [0.5, 0.6) is 5.75 Å². The van der Waals surface area contributed by atoms with Crippen LogP contribution < -0.4 is 10.1 Å². The highest BCUT2D eigenvalue weighted by Crippen LogP contribution is 2.34. The molecule has 0 aliphatic heterocycles. The normalized spacial score (nSPS) is 10.9. The summed E-state index contributed by atoms with van der Waals surface area (Å²) in [5, 5.41) is 7.49. The van der Waals surface area contributed by atoms with Crippen LogP contribution in [0.25, 0.3) is 10.8 Å². The summed E-state index contributed by atoms with van der Waals surface area (Å²) in [6.45, 7) is 2.89. The van der Waals surface area contributed by atoms with E-state index in [1.807, 2.05) is 49.4 Å². The minimum atomic E-state index is 0.409. The van der Waals surface area contributed by atoms with Gasteiger partial charge in [-0.05, 0) is 53.1 Å². The van der Waals surface area contributed by atoms with E-state index in [0.717, 1.165) is 27.4 Å². The van der Waals surface area contributed by atoms with Gasteiger partial charge >= 0.3 is 0 Å². The van der Waals surface area contributed by atoms with E-state index in [0.29, 0.717) is 28.9 Å². The summed E-state index contributed by atoms with van der Waals surface area (Å²) in [6, 6.07) is 23.9. The first kappa shape index (κ1) is 20.9. The summed E-state index contributed by atoms with van der Waals surface area (Å²) in [4.78, 5) is 0. The van der Waals surface area contributed by atoms with Gasteiger partial charge in [-0.1, -0.05) is 83.3 Å². The summed E-state index contributed by atoms with van der Waals surface area (Å²) in [5.41, 5.74) is 3.93. The van der Waals surface area contributed by atoms with Crippen LogP contribution in [0.4, 0.5) is 5.69 Å². The summed E-state index contributed by atoms with van der Waals surface area (Å²) >= 11 is 19.0. The molecule has 30 heavy (non-hydrogen) atoms. The standard InChI is InChI=1S/C25H20Cl3NO/c1-16-9-10-21(13-23(16)27)29-14-19-11-20(26)12-24(28)25(19)30-15-18-7-4-6-17-5-2-3-8-22(17)18/h2-13,29H,14-15H2,1H3. The van der Waals surface area contributed by atoms with Crippen LogP contribution in [-0.4, -0.2) is 0 Å². The van der Waals surface area contributed by atoms with Gasteiger partial charge in [-0.15, -0.1) is 0 Å². The Morgan fingerprint density at radius 1 is 0.800 bits per heavy atom. The molecule has 4 rings (SSSR count). The number of halogens is 3. The van der Waals surface area contributed by atoms with Crippen molar-refractivity contribution in [3.05, 3.63) is 105 Å². The van der Waals surface area contributed by atoms with Crippen molar-refractivity contribution < 1.29 is 4.74 Å². The number of anilines is 1. The van der Waals surface area contributed by atoms with Crippen molar-refractivity contribution in [3.63, 3.8) is 0 Å². The Morgan fingerprint density at radius 2 is 1.60 bits per heavy atom. The molecule has 0 heterocycles. The molecule has 1 N–H and O–H groups in total. The van der Waals surface area contributed by atoms with Gasteiger partial charge in [-0.2, -0.15) is 0 Å². The highest BCUT2D eigenvalue weighted by molar-refractivity contribution is 6.35. The maximum absolute atomic E-state index is 6.49. The van der Waals surface area contributed by atoms with Gasteiger partial charge in [-0.25, -0.2) is 0 Å². The van der Waals surface area contributed by atoms with E-state index in [2.05, 4.69) is 29.6 Å². The third-order valence-electron chi connectivity index (χ3n) is 4.99. The zero-order chi connectivity index (χ0) is 21.1. The van der Waals surface area contributed by atoms with E-state index in [-0.39, 0.29) is 0 Å². The molecule has 0 saturated heterocycles. The molecule has 0 aromatic heterocycles. The molecule has 0 atom stereocenters. The molecule has 152 valence electrons. The molecule has 0 fully saturated rings. The number of hydrogen-bond donors (Lipinski definition) is 1. The molecule has 0 amide bonds. The molecule has 0 bridgehead atoms. The Kier molecular flexibility index (Phi) is 6.38. The number of benzene rings is 4. The Morgan fingerprint density at radius 3 is 2.43 bits per heavy atom. The van der Waals surface area contributed by atoms with Gasteiger partial charge in [0.05, 0.1) is 5.02 Å². The minimum absolute atomic E-state index is 0.409. The molecule has 0 saturated carbocycles. The van der Waals surface area contributed by atoms with Gasteiger partial charge in [0.2, 0.25) is 0 Å². The molecular formula is C25H20Cl3NO. The SMILES string of the molecule is Cc1ccc(NCc2cc(Cl)cc(Cl)c2OCc2cccc3ccccc23)cc1Cl. The molecule has 5 heteroatoms. The number of ether oxygens (including phenoxy) is 1. The Labute approximate surface area is 191 Å². The third kappa shape index (κ3) is 4.67. The number of hydrogen-bond acceptors (Lipinski definition) is 2. The maximum atomic E-state index is 6.49. The van der Waals surface area contributed by atoms with Crippen LogP contribution in [0.3, 0.4) is 0 Å². The lowest BCUT2D eigenvalue weighted by Gasteiger charge is -2.16. The summed E-state index contributed by atoms with van der Waals surface area (Å²) in [7, 11) is 0. The van der Waals surface area contributed by atoms with Crippen LogP contribution in [0, 0.1) is 6.92 Å². The number of nitrogens with one attached hydrogen (secondary N) is 1. The van der Waals surface area contributed by atoms with Gasteiger partial charge in [0.25, 0.3) is 0 Å². The molecule has 0 unspecified atom stereocenters. The van der Waals surface area contributed by atoms with Crippen molar-refractivity contribution in [2.24, 2.45) is 0 Å². The summed E-state index contributed by atoms with van der Waals surface area (Å²) in [5.74, 6) is 0.625. The lowest BCUT2D eigenvalue weighted by Crippen LogP contribution is -2.05. The highest BCUT2D eigenvalue weighted by Gasteiger charge is 2.12. The van der Waals surface area contributed by atoms with Crippen molar-refractivity contribution in [1.82, 2.24) is 0 Å². The third-order valence-corrected chi connectivity index (χ3v) is 5.90. The summed E-state index contributed by atoms with van der Waals surface area (Å²) < 4.78 is 6.19. The van der Waals surface area contributed by atoms with Gasteiger partial charge in [0.1, 0.15) is 12.4 Å². The fraction of sp³-hybridized carbons (Fsp3) is 0.120. The maximum Gasteiger partial charge on any atom is 0.143 e. The molecule has 2 nitrogen and oxygen atoms in total. The highest BCUT2D eigenvalue weighted by atomic mass is 35.5. The predicted octanol–water partition coefficient (Wildman–Crippen LogP) is 8.30. The second-order valence-electron chi connectivity index (χ2n) is 7.12. The predicted molar refractivity (Wildman–Crippen MR) is 128 cm³/mol. The molecule has 4 aromatic carbocycles. The number of rotatable bonds is 6. The Bertz CT molecular complexity index is 1200. The van der Waals surface area contributed by atoms with Crippen LogP contribution in [0.15, 0.2) is 72.8 Å². The monoisotopic (exact) mass is 455 g/mol. The van der Waals surface area contributed by atoms with Crippen molar-refractivity contribution in [2.45, 2.75) is 20.1 Å². The van der Waals surface area contributed by atoms with Crippen molar-refractivity contribution in [1.29, 1.82) is 0 Å². The molecular weight excluding hydrogens is 437 g/mol. The van der Waals surface area contributed by atoms with E-state index < -0.39 is 0 Å². The van der Waals surface area contributed by atoms with E-state index >= 15 is 0 Å². The number of fused-ring (bicyclic) bond motifs is 1. The first-order chi connectivity index (χ1) is 14.5. The molecule has 0 spiro atoms. The minimum Gasteiger partial charge on any atom is -0.487 e. The van der Waals surface area contributed by atoms with E-state index in [1.165, 1.54) is 10.8 Å². The first-order valence-corrected chi connectivity index (χ1v) is 10.7. The second-order valence-corrected chi connectivity index (χ2v) is 8.37. The quantitative estimate of drug-likeness (QED) is 0.315. The zero-order valence-corrected chi connectivity index (χ0v) is 18.7. The van der Waals surface area contributed by atoms with Crippen molar-refractivity contribution in [3.8, 4) is 5.75 Å². The first-order valence-electron chi connectivity index (χ1n) is 9.58. The van der Waals surface area contributed by atoms with E-state index in [1.54, 1.807) is 6.07 Å². The number of aryl methyl sites for hydroxylation is 1. The van der Waals surface area contributed by atoms with Gasteiger partial charge in [-0.3, -0.25) is 0 Å². The average molecular weight is 457 g/mol. The zero-order valence-electron chi connectivity index (χ0n) is 16.4. The van der Waals surface area contributed by atoms with Crippen molar-refractivity contribution >= 4 is 51.3 Å². The van der Waals surface area contributed by atoms with E-state index in [4.69, 9.17) is 39.5 Å². The van der Waals surface area contributed by atoms with Crippen molar-refractivity contribution in [2.75, 3.05) is 5.32 Å². The molecule has 0 aliphatic carbocycles. The second kappa shape index (κ2) is 9.18. The van der Waals surface area contributed by atoms with Gasteiger partial charge < -0.3 is 10.1 Å². The van der Waals surface area contributed by atoms with Crippen LogP contribution in [0.1, 0.15) is 16.7 Å². The average Bonchev–Trinajstić information content (AvgIpc) is 2.74. The fourth-order valence-electron chi connectivity index (χ4n) is 3.37. The Balaban J connectivity index is 1.57. The largest absolute Gasteiger partial charge is 0.487 e. The van der Waals surface area contributed by atoms with Gasteiger partial charge in [0, 0.05) is 27.8 Å². The molecule has 4 aromatic rings. The Hall–Kier alpha value is -2.39. The lowest BCUT2D eigenvalue weighted by atomic mass is 10.1. The van der Waals surface area contributed by atoms with Crippen LogP contribution in [0.2, 0.25) is 15.1 Å². The lowest BCUT2D eigenvalue weighted by molar-refractivity contribution is 0.305. The molecule has 0 aliphatic rings. The fourth-order valence-corrected chi connectivity index (χ4v) is 4.15. The van der Waals surface area contributed by atoms with Crippen LogP contribution >= 0.6 is 34.8 Å². The van der Waals surface area contributed by atoms with Gasteiger partial charge in [0.15, 0.2) is 0 Å².